The van der Waals surface area contributed by atoms with Crippen molar-refractivity contribution in [1.82, 2.24) is 15.5 Å². The number of hydrogen-bond acceptors (Lipinski definition) is 5. The number of halogens is 6. The van der Waals surface area contributed by atoms with Crippen LogP contribution >= 0.6 is 0 Å². The summed E-state index contributed by atoms with van der Waals surface area (Å²) in [6.45, 7) is -0.657. The van der Waals surface area contributed by atoms with Crippen molar-refractivity contribution in [1.29, 1.82) is 0 Å². The van der Waals surface area contributed by atoms with Crippen molar-refractivity contribution in [3.8, 4) is 11.5 Å². The number of nitrogens with zero attached hydrogens (tertiary/aromatic N) is 1. The lowest BCUT2D eigenvalue weighted by molar-refractivity contribution is -0.200. The monoisotopic (exact) mass is 505 g/mol. The summed E-state index contributed by atoms with van der Waals surface area (Å²) in [4.78, 5) is 37.9. The van der Waals surface area contributed by atoms with Crippen LogP contribution < -0.4 is 20.1 Å². The number of hydrogen-bond donors (Lipinski definition) is 2. The third-order valence-corrected chi connectivity index (χ3v) is 5.04. The number of rotatable bonds is 6. The van der Waals surface area contributed by atoms with E-state index in [2.05, 4.69) is 0 Å². The van der Waals surface area contributed by atoms with Crippen LogP contribution in [0.2, 0.25) is 0 Å². The zero-order chi connectivity index (χ0) is 26.2. The quantitative estimate of drug-likeness (QED) is 0.463. The van der Waals surface area contributed by atoms with Crippen molar-refractivity contribution in [3.63, 3.8) is 0 Å². The third-order valence-electron chi connectivity index (χ3n) is 5.04. The van der Waals surface area contributed by atoms with Crippen LogP contribution in [0.15, 0.2) is 42.5 Å². The largest absolute Gasteiger partial charge is 0.497 e. The number of urea groups is 1. The highest BCUT2D eigenvalue weighted by atomic mass is 19.4. The Morgan fingerprint density at radius 2 is 1.60 bits per heavy atom. The fourth-order valence-corrected chi connectivity index (χ4v) is 3.29. The van der Waals surface area contributed by atoms with E-state index >= 15 is 0 Å². The highest BCUT2D eigenvalue weighted by Gasteiger charge is 2.68. The summed E-state index contributed by atoms with van der Waals surface area (Å²) in [7, 11) is 2.62. The Bertz CT molecular complexity index is 1140. The molecule has 1 aliphatic heterocycles. The van der Waals surface area contributed by atoms with Crippen molar-refractivity contribution in [2.24, 2.45) is 0 Å². The predicted molar refractivity (Wildman–Crippen MR) is 106 cm³/mol. The van der Waals surface area contributed by atoms with Gasteiger partial charge in [-0.25, -0.2) is 4.79 Å². The molecule has 4 amide bonds. The van der Waals surface area contributed by atoms with Gasteiger partial charge in [-0.2, -0.15) is 26.3 Å². The maximum Gasteiger partial charge on any atom is 0.440 e. The molecule has 2 aromatic carbocycles. The second-order valence-electron chi connectivity index (χ2n) is 7.32. The molecular formula is C21H17F6N3O5. The van der Waals surface area contributed by atoms with E-state index in [-0.39, 0.29) is 22.0 Å². The van der Waals surface area contributed by atoms with Gasteiger partial charge in [-0.15, -0.1) is 0 Å². The first-order valence-electron chi connectivity index (χ1n) is 9.64. The van der Waals surface area contributed by atoms with E-state index in [1.165, 1.54) is 43.1 Å². The Morgan fingerprint density at radius 3 is 2.11 bits per heavy atom. The number of carbonyl (C=O) groups excluding carboxylic acids is 3. The second kappa shape index (κ2) is 9.00. The van der Waals surface area contributed by atoms with Gasteiger partial charge in [0.1, 0.15) is 11.5 Å². The lowest BCUT2D eigenvalue weighted by Crippen LogP contribution is -2.69. The van der Waals surface area contributed by atoms with Crippen LogP contribution in [0.1, 0.15) is 21.5 Å². The minimum atomic E-state index is -5.54. The topological polar surface area (TPSA) is 97.0 Å². The molecule has 0 aliphatic carbocycles. The predicted octanol–water partition coefficient (Wildman–Crippen LogP) is 3.46. The summed E-state index contributed by atoms with van der Waals surface area (Å²) < 4.78 is 91.0. The van der Waals surface area contributed by atoms with Gasteiger partial charge in [-0.3, -0.25) is 19.8 Å². The Hall–Kier alpha value is -3.97. The Balaban J connectivity index is 1.94. The average molecular weight is 505 g/mol. The summed E-state index contributed by atoms with van der Waals surface area (Å²) in [6, 6.07) is 5.23. The molecule has 2 aromatic rings. The van der Waals surface area contributed by atoms with Crippen molar-refractivity contribution < 1.29 is 50.2 Å². The maximum absolute atomic E-state index is 14.0. The van der Waals surface area contributed by atoms with E-state index in [1.807, 2.05) is 0 Å². The van der Waals surface area contributed by atoms with Crippen LogP contribution in [0.25, 0.3) is 0 Å². The van der Waals surface area contributed by atoms with E-state index in [0.717, 1.165) is 12.1 Å². The van der Waals surface area contributed by atoms with Crippen molar-refractivity contribution in [2.75, 3.05) is 14.2 Å². The fourth-order valence-electron chi connectivity index (χ4n) is 3.29. The molecule has 3 rings (SSSR count). The minimum Gasteiger partial charge on any atom is -0.497 e. The summed E-state index contributed by atoms with van der Waals surface area (Å²) in [5.74, 6) is -3.08. The molecule has 0 saturated carbocycles. The molecule has 0 bridgehead atoms. The average Bonchev–Trinajstić information content (AvgIpc) is 3.03. The van der Waals surface area contributed by atoms with Gasteiger partial charge in [-0.05, 0) is 35.9 Å². The van der Waals surface area contributed by atoms with Crippen LogP contribution in [0.5, 0.6) is 11.5 Å². The third kappa shape index (κ3) is 4.95. The molecule has 0 spiro atoms. The molecular weight excluding hydrogens is 488 g/mol. The SMILES string of the molecule is COc1cc(CN2C(=O)N[C@@](NC(=O)c3cccc(C(F)(F)F)c3)(C(F)(F)F)C2=O)cc(OC)c1. The molecule has 8 nitrogen and oxygen atoms in total. The normalized spacial score (nSPS) is 18.3. The first-order valence-corrected chi connectivity index (χ1v) is 9.64. The number of ether oxygens (including phenoxy) is 2. The molecule has 188 valence electrons. The van der Waals surface area contributed by atoms with Crippen LogP contribution in [-0.4, -0.2) is 48.8 Å². The van der Waals surface area contributed by atoms with Gasteiger partial charge in [0.25, 0.3) is 17.5 Å². The minimum absolute atomic E-state index is 0.159. The van der Waals surface area contributed by atoms with Crippen molar-refractivity contribution >= 4 is 17.8 Å². The smallest absolute Gasteiger partial charge is 0.440 e. The van der Waals surface area contributed by atoms with Crippen LogP contribution in [0, 0.1) is 0 Å². The lowest BCUT2D eigenvalue weighted by atomic mass is 10.1. The number of imide groups is 1. The zero-order valence-corrected chi connectivity index (χ0v) is 18.0. The number of nitrogens with one attached hydrogen (secondary N) is 2. The number of methoxy groups -OCH3 is 2. The standard InChI is InChI=1S/C21H17F6N3O5/c1-34-14-6-11(7-15(9-14)35-2)10-30-17(32)19(21(25,26)27,29-18(30)33)28-16(31)12-4-3-5-13(8-12)20(22,23)24/h3-9H,10H2,1-2H3,(H,28,31)(H,29,33)/t19-/m1/s1. The molecule has 1 saturated heterocycles. The summed E-state index contributed by atoms with van der Waals surface area (Å²) in [5.41, 5.74) is -5.84. The lowest BCUT2D eigenvalue weighted by Gasteiger charge is -2.30. The van der Waals surface area contributed by atoms with Crippen molar-refractivity contribution in [3.05, 3.63) is 59.2 Å². The van der Waals surface area contributed by atoms with Gasteiger partial charge in [-0.1, -0.05) is 6.07 Å². The molecule has 0 unspecified atom stereocenters. The van der Waals surface area contributed by atoms with Gasteiger partial charge in [0.15, 0.2) is 0 Å². The summed E-state index contributed by atoms with van der Waals surface area (Å²) >= 11 is 0. The van der Waals surface area contributed by atoms with Gasteiger partial charge >= 0.3 is 18.4 Å². The summed E-state index contributed by atoms with van der Waals surface area (Å²) in [5, 5.41) is 2.79. The number of amides is 4. The van der Waals surface area contributed by atoms with Gasteiger partial charge < -0.3 is 14.8 Å². The van der Waals surface area contributed by atoms with Gasteiger partial charge in [0, 0.05) is 11.6 Å². The highest BCUT2D eigenvalue weighted by Crippen LogP contribution is 2.36. The second-order valence-corrected chi connectivity index (χ2v) is 7.32. The molecule has 2 N–H and O–H groups in total. The molecule has 1 heterocycles. The van der Waals surface area contributed by atoms with Crippen LogP contribution in [0.4, 0.5) is 31.1 Å². The first kappa shape index (κ1) is 25.6. The van der Waals surface area contributed by atoms with E-state index < -0.39 is 53.5 Å². The molecule has 0 radical (unpaired) electrons. The van der Waals surface area contributed by atoms with Crippen molar-refractivity contribution in [2.45, 2.75) is 24.6 Å². The number of carbonyl (C=O) groups is 3. The van der Waals surface area contributed by atoms with Gasteiger partial charge in [0.05, 0.1) is 26.3 Å². The molecule has 14 heteroatoms. The van der Waals surface area contributed by atoms with E-state index in [9.17, 15) is 40.7 Å². The molecule has 35 heavy (non-hydrogen) atoms. The Kier molecular flexibility index (Phi) is 6.59. The fraction of sp³-hybridized carbons (Fsp3) is 0.286. The van der Waals surface area contributed by atoms with Gasteiger partial charge in [0.2, 0.25) is 0 Å². The van der Waals surface area contributed by atoms with Crippen LogP contribution in [-0.2, 0) is 17.5 Å². The first-order chi connectivity index (χ1) is 16.2. The maximum atomic E-state index is 14.0. The highest BCUT2D eigenvalue weighted by molar-refractivity contribution is 6.10. The molecule has 1 aliphatic rings. The Labute approximate surface area is 193 Å². The van der Waals surface area contributed by atoms with E-state index in [0.29, 0.717) is 12.1 Å². The van der Waals surface area contributed by atoms with Crippen LogP contribution in [0.3, 0.4) is 0 Å². The number of alkyl halides is 6. The molecule has 1 atom stereocenters. The zero-order valence-electron chi connectivity index (χ0n) is 18.0. The molecule has 0 aromatic heterocycles. The molecule has 1 fully saturated rings. The summed E-state index contributed by atoms with van der Waals surface area (Å²) in [6.07, 6.45) is -10.4. The Morgan fingerprint density at radius 1 is 1.00 bits per heavy atom. The number of benzene rings is 2. The van der Waals surface area contributed by atoms with E-state index in [1.54, 1.807) is 0 Å². The van der Waals surface area contributed by atoms with E-state index in [4.69, 9.17) is 9.47 Å².